The van der Waals surface area contributed by atoms with Gasteiger partial charge in [-0.2, -0.15) is 0 Å². The molecule has 116 valence electrons. The number of hydrogen-bond donors (Lipinski definition) is 2. The number of rotatable bonds is 6. The molecule has 6 heteroatoms. The number of carbonyl (C=O) groups excluding carboxylic acids is 1. The molecule has 1 unspecified atom stereocenters. The molecule has 0 fully saturated rings. The number of methoxy groups -OCH3 is 1. The zero-order valence-corrected chi connectivity index (χ0v) is 12.8. The van der Waals surface area contributed by atoms with Gasteiger partial charge in [-0.25, -0.2) is 9.59 Å². The number of nitrogens with one attached hydrogen (secondary N) is 1. The number of ether oxygens (including phenoxy) is 1. The van der Waals surface area contributed by atoms with Crippen LogP contribution in [0.15, 0.2) is 18.2 Å². The molecule has 0 aliphatic rings. The summed E-state index contributed by atoms with van der Waals surface area (Å²) in [5, 5.41) is 11.7. The Morgan fingerprint density at radius 1 is 1.38 bits per heavy atom. The number of carboxylic acids is 1. The van der Waals surface area contributed by atoms with Crippen molar-refractivity contribution in [2.45, 2.75) is 33.2 Å². The SMILES string of the molecule is CCC(C)N(CC)C(=O)Nc1cc(C(=O)O)ccc1OC. The molecule has 0 aliphatic heterocycles. The highest BCUT2D eigenvalue weighted by Gasteiger charge is 2.19. The van der Waals surface area contributed by atoms with Gasteiger partial charge in [0.1, 0.15) is 5.75 Å². The average molecular weight is 294 g/mol. The van der Waals surface area contributed by atoms with Gasteiger partial charge >= 0.3 is 12.0 Å². The van der Waals surface area contributed by atoms with Crippen LogP contribution in [0.5, 0.6) is 5.75 Å². The number of carbonyl (C=O) groups is 2. The fraction of sp³-hybridized carbons (Fsp3) is 0.467. The Morgan fingerprint density at radius 3 is 2.52 bits per heavy atom. The molecule has 1 rings (SSSR count). The highest BCUT2D eigenvalue weighted by atomic mass is 16.5. The lowest BCUT2D eigenvalue weighted by Gasteiger charge is -2.27. The molecule has 1 aromatic rings. The van der Waals surface area contributed by atoms with Crippen molar-refractivity contribution in [1.29, 1.82) is 0 Å². The van der Waals surface area contributed by atoms with Gasteiger partial charge < -0.3 is 20.1 Å². The van der Waals surface area contributed by atoms with Crippen molar-refractivity contribution >= 4 is 17.7 Å². The standard InChI is InChI=1S/C15H22N2O4/c1-5-10(3)17(6-2)15(20)16-12-9-11(14(18)19)7-8-13(12)21-4/h7-10H,5-6H2,1-4H3,(H,16,20)(H,18,19). The molecule has 2 amide bonds. The zero-order chi connectivity index (χ0) is 16.0. The summed E-state index contributed by atoms with van der Waals surface area (Å²) in [6, 6.07) is 4.18. The van der Waals surface area contributed by atoms with Gasteiger partial charge in [0, 0.05) is 12.6 Å². The van der Waals surface area contributed by atoms with Crippen molar-refractivity contribution in [2.24, 2.45) is 0 Å². The van der Waals surface area contributed by atoms with Gasteiger partial charge in [0.05, 0.1) is 18.4 Å². The molecule has 0 aromatic heterocycles. The Hall–Kier alpha value is -2.24. The van der Waals surface area contributed by atoms with Crippen LogP contribution < -0.4 is 10.1 Å². The predicted octanol–water partition coefficient (Wildman–Crippen LogP) is 3.05. The van der Waals surface area contributed by atoms with Crippen LogP contribution in [0.1, 0.15) is 37.6 Å². The van der Waals surface area contributed by atoms with Crippen LogP contribution in [-0.2, 0) is 0 Å². The van der Waals surface area contributed by atoms with Crippen LogP contribution in [0.25, 0.3) is 0 Å². The first-order valence-corrected chi connectivity index (χ1v) is 6.93. The van der Waals surface area contributed by atoms with E-state index in [0.29, 0.717) is 18.0 Å². The first-order valence-electron chi connectivity index (χ1n) is 6.93. The van der Waals surface area contributed by atoms with Crippen molar-refractivity contribution in [1.82, 2.24) is 4.90 Å². The number of anilines is 1. The summed E-state index contributed by atoms with van der Waals surface area (Å²) in [5.74, 6) is -0.629. The van der Waals surface area contributed by atoms with E-state index in [0.717, 1.165) is 6.42 Å². The fourth-order valence-corrected chi connectivity index (χ4v) is 2.00. The second-order valence-electron chi connectivity index (χ2n) is 4.69. The van der Waals surface area contributed by atoms with Gasteiger partial charge in [0.2, 0.25) is 0 Å². The lowest BCUT2D eigenvalue weighted by molar-refractivity contribution is 0.0697. The molecule has 0 radical (unpaired) electrons. The lowest BCUT2D eigenvalue weighted by Crippen LogP contribution is -2.41. The molecule has 0 saturated carbocycles. The van der Waals surface area contributed by atoms with E-state index in [9.17, 15) is 9.59 Å². The summed E-state index contributed by atoms with van der Waals surface area (Å²) >= 11 is 0. The van der Waals surface area contributed by atoms with Crippen molar-refractivity contribution in [3.63, 3.8) is 0 Å². The van der Waals surface area contributed by atoms with E-state index in [1.165, 1.54) is 25.3 Å². The molecule has 1 aromatic carbocycles. The summed E-state index contributed by atoms with van der Waals surface area (Å²) in [4.78, 5) is 25.0. The summed E-state index contributed by atoms with van der Waals surface area (Å²) in [6.45, 7) is 6.44. The smallest absolute Gasteiger partial charge is 0.335 e. The van der Waals surface area contributed by atoms with E-state index in [-0.39, 0.29) is 17.6 Å². The maximum absolute atomic E-state index is 12.3. The first-order chi connectivity index (χ1) is 9.94. The molecule has 0 heterocycles. The number of urea groups is 1. The van der Waals surface area contributed by atoms with E-state index >= 15 is 0 Å². The van der Waals surface area contributed by atoms with Gasteiger partial charge in [-0.15, -0.1) is 0 Å². The van der Waals surface area contributed by atoms with Crippen LogP contribution in [0.2, 0.25) is 0 Å². The largest absolute Gasteiger partial charge is 0.495 e. The van der Waals surface area contributed by atoms with Gasteiger partial charge in [-0.05, 0) is 38.5 Å². The molecule has 0 spiro atoms. The van der Waals surface area contributed by atoms with Crippen molar-refractivity contribution in [3.8, 4) is 5.75 Å². The lowest BCUT2D eigenvalue weighted by atomic mass is 10.2. The Labute approximate surface area is 124 Å². The highest BCUT2D eigenvalue weighted by Crippen LogP contribution is 2.26. The quantitative estimate of drug-likeness (QED) is 0.845. The third-order valence-electron chi connectivity index (χ3n) is 3.41. The number of amides is 2. The molecule has 2 N–H and O–H groups in total. The third kappa shape index (κ3) is 4.11. The second kappa shape index (κ2) is 7.52. The molecular formula is C15H22N2O4. The summed E-state index contributed by atoms with van der Waals surface area (Å²) < 4.78 is 5.15. The van der Waals surface area contributed by atoms with Crippen molar-refractivity contribution in [2.75, 3.05) is 19.0 Å². The summed E-state index contributed by atoms with van der Waals surface area (Å²) in [5.41, 5.74) is 0.446. The first kappa shape index (κ1) is 16.8. The molecule has 0 saturated heterocycles. The van der Waals surface area contributed by atoms with Crippen LogP contribution in [0, 0.1) is 0 Å². The van der Waals surface area contributed by atoms with Crippen molar-refractivity contribution in [3.05, 3.63) is 23.8 Å². The van der Waals surface area contributed by atoms with E-state index < -0.39 is 5.97 Å². The molecule has 0 bridgehead atoms. The predicted molar refractivity (Wildman–Crippen MR) is 81.1 cm³/mol. The van der Waals surface area contributed by atoms with Crippen LogP contribution in [-0.4, -0.2) is 41.7 Å². The van der Waals surface area contributed by atoms with Gasteiger partial charge in [-0.3, -0.25) is 0 Å². The molecular weight excluding hydrogens is 272 g/mol. The third-order valence-corrected chi connectivity index (χ3v) is 3.41. The highest BCUT2D eigenvalue weighted by molar-refractivity contribution is 5.95. The summed E-state index contributed by atoms with van der Waals surface area (Å²) in [7, 11) is 1.47. The monoisotopic (exact) mass is 294 g/mol. The Bertz CT molecular complexity index is 516. The number of hydrogen-bond acceptors (Lipinski definition) is 3. The zero-order valence-electron chi connectivity index (χ0n) is 12.8. The fourth-order valence-electron chi connectivity index (χ4n) is 2.00. The van der Waals surface area contributed by atoms with Crippen LogP contribution >= 0.6 is 0 Å². The number of nitrogens with zero attached hydrogens (tertiary/aromatic N) is 1. The van der Waals surface area contributed by atoms with Crippen molar-refractivity contribution < 1.29 is 19.4 Å². The van der Waals surface area contributed by atoms with E-state index in [4.69, 9.17) is 9.84 Å². The maximum Gasteiger partial charge on any atom is 0.335 e. The number of benzene rings is 1. The normalized spacial score (nSPS) is 11.6. The molecule has 1 atom stereocenters. The Balaban J connectivity index is 3.02. The Kier molecular flexibility index (Phi) is 6.02. The van der Waals surface area contributed by atoms with E-state index in [2.05, 4.69) is 5.32 Å². The minimum absolute atomic E-state index is 0.0951. The minimum Gasteiger partial charge on any atom is -0.495 e. The minimum atomic E-state index is -1.05. The van der Waals surface area contributed by atoms with E-state index in [1.807, 2.05) is 20.8 Å². The number of carboxylic acid groups (broad SMARTS) is 1. The number of aromatic carboxylic acids is 1. The second-order valence-corrected chi connectivity index (χ2v) is 4.69. The van der Waals surface area contributed by atoms with E-state index in [1.54, 1.807) is 4.90 Å². The van der Waals surface area contributed by atoms with Gasteiger partial charge in [0.25, 0.3) is 0 Å². The topological polar surface area (TPSA) is 78.9 Å². The molecule has 0 aliphatic carbocycles. The average Bonchev–Trinajstić information content (AvgIpc) is 2.47. The maximum atomic E-state index is 12.3. The Morgan fingerprint density at radius 2 is 2.05 bits per heavy atom. The molecule has 6 nitrogen and oxygen atoms in total. The summed E-state index contributed by atoms with van der Waals surface area (Å²) in [6.07, 6.45) is 0.841. The van der Waals surface area contributed by atoms with Crippen LogP contribution in [0.3, 0.4) is 0 Å². The van der Waals surface area contributed by atoms with Gasteiger partial charge in [0.15, 0.2) is 0 Å². The van der Waals surface area contributed by atoms with Crippen LogP contribution in [0.4, 0.5) is 10.5 Å². The molecule has 21 heavy (non-hydrogen) atoms. The van der Waals surface area contributed by atoms with Gasteiger partial charge in [-0.1, -0.05) is 6.92 Å².